The van der Waals surface area contributed by atoms with Crippen molar-refractivity contribution < 1.29 is 14.3 Å². The number of rotatable bonds is 5. The second-order valence-corrected chi connectivity index (χ2v) is 3.94. The average molecular weight is 288 g/mol. The van der Waals surface area contributed by atoms with Gasteiger partial charge < -0.3 is 14.8 Å². The van der Waals surface area contributed by atoms with E-state index in [4.69, 9.17) is 9.47 Å². The van der Waals surface area contributed by atoms with Gasteiger partial charge in [0.1, 0.15) is 6.73 Å². The first kappa shape index (κ1) is 13.2. The number of halogens is 1. The Morgan fingerprint density at radius 1 is 1.38 bits per heavy atom. The lowest BCUT2D eigenvalue weighted by Gasteiger charge is -2.09. The van der Waals surface area contributed by atoms with Crippen LogP contribution >= 0.6 is 15.9 Å². The number of amides is 1. The molecule has 0 atom stereocenters. The second kappa shape index (κ2) is 6.62. The van der Waals surface area contributed by atoms with Gasteiger partial charge in [-0.1, -0.05) is 12.1 Å². The van der Waals surface area contributed by atoms with Crippen molar-refractivity contribution in [3.05, 3.63) is 33.8 Å². The zero-order chi connectivity index (χ0) is 12.0. The van der Waals surface area contributed by atoms with Gasteiger partial charge in [0.15, 0.2) is 0 Å². The summed E-state index contributed by atoms with van der Waals surface area (Å²) in [5, 5.41) is 2.63. The lowest BCUT2D eigenvalue weighted by molar-refractivity contribution is 0.0871. The van der Waals surface area contributed by atoms with E-state index in [1.807, 2.05) is 12.1 Å². The minimum Gasteiger partial charge on any atom is -0.380 e. The van der Waals surface area contributed by atoms with E-state index in [2.05, 4.69) is 21.2 Å². The Morgan fingerprint density at radius 3 is 2.75 bits per heavy atom. The Labute approximate surface area is 103 Å². The van der Waals surface area contributed by atoms with Gasteiger partial charge in [0.2, 0.25) is 0 Å². The zero-order valence-electron chi connectivity index (χ0n) is 9.25. The van der Waals surface area contributed by atoms with E-state index in [1.165, 1.54) is 7.11 Å². The smallest absolute Gasteiger partial charge is 0.254 e. The molecule has 16 heavy (non-hydrogen) atoms. The summed E-state index contributed by atoms with van der Waals surface area (Å²) in [5.41, 5.74) is 1.51. The summed E-state index contributed by atoms with van der Waals surface area (Å²) in [4.78, 5) is 11.7. The minimum atomic E-state index is -0.174. The molecule has 0 aliphatic carbocycles. The van der Waals surface area contributed by atoms with Crippen LogP contribution in [0.4, 0.5) is 0 Å². The normalized spacial score (nSPS) is 10.2. The fourth-order valence-electron chi connectivity index (χ4n) is 1.26. The van der Waals surface area contributed by atoms with Crippen LogP contribution in [-0.4, -0.2) is 26.9 Å². The van der Waals surface area contributed by atoms with E-state index in [1.54, 1.807) is 13.2 Å². The molecule has 0 aromatic heterocycles. The summed E-state index contributed by atoms with van der Waals surface area (Å²) in [5.74, 6) is -0.174. The van der Waals surface area contributed by atoms with Crippen molar-refractivity contribution in [3.8, 4) is 0 Å². The summed E-state index contributed by atoms with van der Waals surface area (Å²) >= 11 is 3.39. The molecule has 1 N–H and O–H groups in total. The van der Waals surface area contributed by atoms with E-state index in [0.717, 1.165) is 10.0 Å². The molecule has 0 unspecified atom stereocenters. The van der Waals surface area contributed by atoms with Crippen LogP contribution in [0.25, 0.3) is 0 Å². The van der Waals surface area contributed by atoms with Gasteiger partial charge in [-0.05, 0) is 27.6 Å². The van der Waals surface area contributed by atoms with Crippen molar-refractivity contribution in [1.82, 2.24) is 5.32 Å². The lowest BCUT2D eigenvalue weighted by atomic mass is 10.1. The molecule has 0 radical (unpaired) electrons. The van der Waals surface area contributed by atoms with Crippen LogP contribution in [0.3, 0.4) is 0 Å². The molecule has 1 aromatic rings. The number of hydrogen-bond donors (Lipinski definition) is 1. The van der Waals surface area contributed by atoms with Crippen LogP contribution in [0.1, 0.15) is 15.9 Å². The van der Waals surface area contributed by atoms with Crippen molar-refractivity contribution in [1.29, 1.82) is 0 Å². The first-order valence-electron chi connectivity index (χ1n) is 4.74. The quantitative estimate of drug-likeness (QED) is 0.842. The SMILES string of the molecule is COCNC(=O)c1cccc(COC)c1Br. The molecule has 1 aromatic carbocycles. The van der Waals surface area contributed by atoms with E-state index in [0.29, 0.717) is 12.2 Å². The molecular weight excluding hydrogens is 274 g/mol. The molecule has 0 fully saturated rings. The molecule has 4 nitrogen and oxygen atoms in total. The molecule has 0 saturated carbocycles. The Morgan fingerprint density at radius 2 is 2.12 bits per heavy atom. The topological polar surface area (TPSA) is 47.6 Å². The third-order valence-corrected chi connectivity index (χ3v) is 2.94. The Bertz CT molecular complexity index is 368. The largest absolute Gasteiger partial charge is 0.380 e. The van der Waals surface area contributed by atoms with Gasteiger partial charge >= 0.3 is 0 Å². The van der Waals surface area contributed by atoms with Crippen LogP contribution in [0, 0.1) is 0 Å². The summed E-state index contributed by atoms with van der Waals surface area (Å²) in [7, 11) is 3.14. The first-order chi connectivity index (χ1) is 7.70. The van der Waals surface area contributed by atoms with Crippen LogP contribution < -0.4 is 5.32 Å². The molecule has 0 aliphatic rings. The minimum absolute atomic E-state index is 0.174. The lowest BCUT2D eigenvalue weighted by Crippen LogP contribution is -2.25. The summed E-state index contributed by atoms with van der Waals surface area (Å²) in [6.07, 6.45) is 0. The van der Waals surface area contributed by atoms with Crippen LogP contribution in [0.5, 0.6) is 0 Å². The molecular formula is C11H14BrNO3. The van der Waals surface area contributed by atoms with Crippen LogP contribution in [0.15, 0.2) is 22.7 Å². The highest BCUT2D eigenvalue weighted by Crippen LogP contribution is 2.22. The molecule has 1 rings (SSSR count). The van der Waals surface area contributed by atoms with E-state index < -0.39 is 0 Å². The highest BCUT2D eigenvalue weighted by atomic mass is 79.9. The van der Waals surface area contributed by atoms with Gasteiger partial charge in [-0.25, -0.2) is 0 Å². The Kier molecular flexibility index (Phi) is 5.45. The van der Waals surface area contributed by atoms with Crippen molar-refractivity contribution >= 4 is 21.8 Å². The third kappa shape index (κ3) is 3.30. The maximum absolute atomic E-state index is 11.7. The average Bonchev–Trinajstić information content (AvgIpc) is 2.29. The molecule has 0 heterocycles. The molecule has 5 heteroatoms. The Balaban J connectivity index is 2.87. The fourth-order valence-corrected chi connectivity index (χ4v) is 1.81. The Hall–Kier alpha value is -0.910. The number of carbonyl (C=O) groups is 1. The molecule has 0 spiro atoms. The predicted octanol–water partition coefficient (Wildman–Crippen LogP) is 1.93. The summed E-state index contributed by atoms with van der Waals surface area (Å²) in [6.45, 7) is 0.658. The maximum Gasteiger partial charge on any atom is 0.254 e. The van der Waals surface area contributed by atoms with Crippen molar-refractivity contribution in [2.45, 2.75) is 6.61 Å². The number of benzene rings is 1. The van der Waals surface area contributed by atoms with Crippen LogP contribution in [0.2, 0.25) is 0 Å². The molecule has 0 saturated heterocycles. The maximum atomic E-state index is 11.7. The standard InChI is InChI=1S/C11H14BrNO3/c1-15-6-8-4-3-5-9(10(8)12)11(14)13-7-16-2/h3-5H,6-7H2,1-2H3,(H,13,14). The highest BCUT2D eigenvalue weighted by Gasteiger charge is 2.11. The first-order valence-corrected chi connectivity index (χ1v) is 5.53. The molecule has 88 valence electrons. The summed E-state index contributed by atoms with van der Waals surface area (Å²) < 4.78 is 10.6. The van der Waals surface area contributed by atoms with Crippen molar-refractivity contribution in [2.75, 3.05) is 21.0 Å². The van der Waals surface area contributed by atoms with Gasteiger partial charge in [0, 0.05) is 18.7 Å². The van der Waals surface area contributed by atoms with Gasteiger partial charge in [-0.3, -0.25) is 4.79 Å². The van der Waals surface area contributed by atoms with Gasteiger partial charge in [0.05, 0.1) is 12.2 Å². The fraction of sp³-hybridized carbons (Fsp3) is 0.364. The third-order valence-electron chi connectivity index (χ3n) is 2.00. The van der Waals surface area contributed by atoms with Gasteiger partial charge in [-0.15, -0.1) is 0 Å². The predicted molar refractivity (Wildman–Crippen MR) is 64.2 cm³/mol. The number of nitrogens with one attached hydrogen (secondary N) is 1. The summed E-state index contributed by atoms with van der Waals surface area (Å²) in [6, 6.07) is 5.47. The van der Waals surface area contributed by atoms with Crippen molar-refractivity contribution in [2.24, 2.45) is 0 Å². The van der Waals surface area contributed by atoms with Gasteiger partial charge in [0.25, 0.3) is 5.91 Å². The molecule has 1 amide bonds. The molecule has 0 bridgehead atoms. The number of ether oxygens (including phenoxy) is 2. The second-order valence-electron chi connectivity index (χ2n) is 3.15. The van der Waals surface area contributed by atoms with Crippen molar-refractivity contribution in [3.63, 3.8) is 0 Å². The monoisotopic (exact) mass is 287 g/mol. The van der Waals surface area contributed by atoms with Gasteiger partial charge in [-0.2, -0.15) is 0 Å². The number of hydrogen-bond acceptors (Lipinski definition) is 3. The van der Waals surface area contributed by atoms with E-state index in [9.17, 15) is 4.79 Å². The highest BCUT2D eigenvalue weighted by molar-refractivity contribution is 9.10. The van der Waals surface area contributed by atoms with E-state index >= 15 is 0 Å². The van der Waals surface area contributed by atoms with E-state index in [-0.39, 0.29) is 12.6 Å². The zero-order valence-corrected chi connectivity index (χ0v) is 10.8. The van der Waals surface area contributed by atoms with Crippen LogP contribution in [-0.2, 0) is 16.1 Å². The number of carbonyl (C=O) groups excluding carboxylic acids is 1. The molecule has 0 aliphatic heterocycles. The number of methoxy groups -OCH3 is 2.